The maximum atomic E-state index is 12.7. The molecule has 1 unspecified atom stereocenters. The Morgan fingerprint density at radius 2 is 1.89 bits per heavy atom. The Bertz CT molecular complexity index is 1320. The molecule has 12 heteroatoms. The van der Waals surface area contributed by atoms with E-state index in [1.165, 1.54) is 0 Å². The first-order valence-corrected chi connectivity index (χ1v) is 13.9. The van der Waals surface area contributed by atoms with E-state index >= 15 is 0 Å². The van der Waals surface area contributed by atoms with Crippen LogP contribution < -0.4 is 38.9 Å². The zero-order valence-corrected chi connectivity index (χ0v) is 23.8. The average Bonchev–Trinajstić information content (AvgIpc) is 3.23. The smallest absolute Gasteiger partial charge is 0.544 e. The number of amides is 1. The number of ether oxygens (including phenoxy) is 1. The standard InChI is InChI=1S/C26H28Cl2N4O4S.Li/c1-3-4-9-36-15-7-5-14(6-8-15)10-18-23(25(34)35)37-26(30-18)32-11-16-17(12-32)21(16)31-24(33)22-20(28)19(27)13(2)29-22;/h5-8,16-17,21,29H,3-4,9-12H2,1-2H3,(H,31,33)(H,34,35);/q;+1/p-1/t16-,17+,21?;. The number of piperidine rings is 1. The van der Waals surface area contributed by atoms with Gasteiger partial charge in [-0.15, -0.1) is 0 Å². The summed E-state index contributed by atoms with van der Waals surface area (Å²) < 4.78 is 5.70. The van der Waals surface area contributed by atoms with Crippen LogP contribution in [0.3, 0.4) is 0 Å². The van der Waals surface area contributed by atoms with Crippen molar-refractivity contribution >= 4 is 51.5 Å². The fourth-order valence-electron chi connectivity index (χ4n) is 4.83. The van der Waals surface area contributed by atoms with E-state index in [4.69, 9.17) is 27.9 Å². The Morgan fingerprint density at radius 1 is 1.21 bits per heavy atom. The van der Waals surface area contributed by atoms with Gasteiger partial charge in [-0.05, 0) is 31.0 Å². The summed E-state index contributed by atoms with van der Waals surface area (Å²) >= 11 is 13.4. The molecule has 1 aromatic carbocycles. The maximum Gasteiger partial charge on any atom is 1.00 e. The number of benzene rings is 1. The van der Waals surface area contributed by atoms with Gasteiger partial charge in [-0.2, -0.15) is 0 Å². The Hall–Kier alpha value is -2.15. The number of hydrogen-bond donors (Lipinski definition) is 2. The number of unbranched alkanes of at least 4 members (excludes halogenated alkanes) is 1. The van der Waals surface area contributed by atoms with Gasteiger partial charge in [0.05, 0.1) is 33.2 Å². The number of carbonyl (C=O) groups excluding carboxylic acids is 2. The Labute approximate surface area is 247 Å². The predicted octanol–water partition coefficient (Wildman–Crippen LogP) is 1.09. The van der Waals surface area contributed by atoms with Crippen molar-refractivity contribution in [3.05, 3.63) is 61.8 Å². The van der Waals surface area contributed by atoms with Crippen molar-refractivity contribution in [3.63, 3.8) is 0 Å². The van der Waals surface area contributed by atoms with Crippen molar-refractivity contribution in [2.24, 2.45) is 11.8 Å². The quantitative estimate of drug-likeness (QED) is 0.280. The first-order valence-electron chi connectivity index (χ1n) is 12.3. The van der Waals surface area contributed by atoms with Gasteiger partial charge in [-0.25, -0.2) is 4.98 Å². The molecule has 1 amide bonds. The third-order valence-electron chi connectivity index (χ3n) is 6.98. The number of thiazole rings is 1. The van der Waals surface area contributed by atoms with Crippen LogP contribution in [0.4, 0.5) is 5.13 Å². The number of carboxylic acid groups (broad SMARTS) is 1. The number of nitrogens with zero attached hydrogens (tertiary/aromatic N) is 2. The minimum Gasteiger partial charge on any atom is -0.544 e. The van der Waals surface area contributed by atoms with E-state index in [9.17, 15) is 14.7 Å². The van der Waals surface area contributed by atoms with Crippen LogP contribution >= 0.6 is 34.5 Å². The van der Waals surface area contributed by atoms with Gasteiger partial charge in [0.15, 0.2) is 5.13 Å². The average molecular weight is 569 g/mol. The molecule has 196 valence electrons. The molecular formula is C26H27Cl2LiN4O4S. The zero-order chi connectivity index (χ0) is 26.3. The molecule has 3 atom stereocenters. The van der Waals surface area contributed by atoms with Crippen LogP contribution in [0.1, 0.15) is 56.9 Å². The van der Waals surface area contributed by atoms with Gasteiger partial charge in [0.1, 0.15) is 11.4 Å². The number of hydrogen-bond acceptors (Lipinski definition) is 7. The molecule has 1 saturated heterocycles. The Balaban J connectivity index is 0.00000336. The topological polar surface area (TPSA) is 110 Å². The van der Waals surface area contributed by atoms with Crippen molar-refractivity contribution in [3.8, 4) is 5.75 Å². The summed E-state index contributed by atoms with van der Waals surface area (Å²) in [5.41, 5.74) is 2.37. The van der Waals surface area contributed by atoms with Gasteiger partial charge in [0.25, 0.3) is 5.91 Å². The van der Waals surface area contributed by atoms with E-state index in [0.29, 0.717) is 47.7 Å². The SMILES string of the molecule is CCCCOc1ccc(Cc2nc(N3C[C@@H]4C(NC(=O)c5[nH]c(C)c(Cl)c5Cl)[C@@H]4C3)sc2C(=O)[O-])cc1.[Li+]. The van der Waals surface area contributed by atoms with Crippen molar-refractivity contribution in [1.82, 2.24) is 15.3 Å². The van der Waals surface area contributed by atoms with Gasteiger partial charge in [-0.3, -0.25) is 4.79 Å². The Morgan fingerprint density at radius 3 is 2.47 bits per heavy atom. The second kappa shape index (κ2) is 11.9. The number of anilines is 1. The number of aromatic carboxylic acids is 1. The maximum absolute atomic E-state index is 12.7. The normalized spacial score (nSPS) is 19.6. The molecule has 1 saturated carbocycles. The number of nitrogens with one attached hydrogen (secondary N) is 2. The van der Waals surface area contributed by atoms with E-state index < -0.39 is 5.97 Å². The third-order valence-corrected chi connectivity index (χ3v) is 9.06. The molecule has 1 aliphatic carbocycles. The number of carboxylic acids is 1. The Kier molecular flexibility index (Phi) is 9.06. The van der Waals surface area contributed by atoms with Gasteiger partial charge in [0.2, 0.25) is 0 Å². The van der Waals surface area contributed by atoms with Crippen molar-refractivity contribution in [2.75, 3.05) is 24.6 Å². The molecule has 3 aromatic rings. The van der Waals surface area contributed by atoms with Crippen LogP contribution in [0.2, 0.25) is 10.0 Å². The summed E-state index contributed by atoms with van der Waals surface area (Å²) in [5, 5.41) is 16.1. The number of aromatic amines is 1. The molecular weight excluding hydrogens is 542 g/mol. The largest absolute Gasteiger partial charge is 1.00 e. The third kappa shape index (κ3) is 5.87. The van der Waals surface area contributed by atoms with E-state index in [0.717, 1.165) is 35.5 Å². The van der Waals surface area contributed by atoms with Crippen LogP contribution in [-0.2, 0) is 6.42 Å². The molecule has 3 heterocycles. The molecule has 2 aliphatic rings. The number of carbonyl (C=O) groups is 2. The van der Waals surface area contributed by atoms with Gasteiger partial charge in [-0.1, -0.05) is 60.0 Å². The van der Waals surface area contributed by atoms with Crippen molar-refractivity contribution in [2.45, 2.75) is 39.2 Å². The fraction of sp³-hybridized carbons (Fsp3) is 0.423. The summed E-state index contributed by atoms with van der Waals surface area (Å²) in [5.74, 6) is -0.152. The minimum absolute atomic E-state index is 0. The second-order valence-electron chi connectivity index (χ2n) is 9.57. The zero-order valence-electron chi connectivity index (χ0n) is 21.5. The van der Waals surface area contributed by atoms with Crippen molar-refractivity contribution in [1.29, 1.82) is 0 Å². The first-order chi connectivity index (χ1) is 17.8. The van der Waals surface area contributed by atoms with Crippen molar-refractivity contribution < 1.29 is 38.3 Å². The predicted molar refractivity (Wildman–Crippen MR) is 142 cm³/mol. The number of H-pyrrole nitrogens is 1. The molecule has 38 heavy (non-hydrogen) atoms. The molecule has 0 spiro atoms. The summed E-state index contributed by atoms with van der Waals surface area (Å²) in [6.45, 7) is 5.93. The summed E-state index contributed by atoms with van der Waals surface area (Å²) in [6.07, 6.45) is 2.47. The molecule has 8 nitrogen and oxygen atoms in total. The van der Waals surface area contributed by atoms with E-state index in [2.05, 4.69) is 27.1 Å². The van der Waals surface area contributed by atoms with Gasteiger partial charge < -0.3 is 29.8 Å². The molecule has 1 aliphatic heterocycles. The molecule has 2 fully saturated rings. The van der Waals surface area contributed by atoms with E-state index in [1.54, 1.807) is 6.92 Å². The van der Waals surface area contributed by atoms with Crippen LogP contribution in [0.25, 0.3) is 0 Å². The monoisotopic (exact) mass is 568 g/mol. The molecule has 0 radical (unpaired) electrons. The number of halogens is 2. The molecule has 5 rings (SSSR count). The number of aryl methyl sites for hydroxylation is 1. The van der Waals surface area contributed by atoms with Crippen LogP contribution in [-0.4, -0.2) is 47.6 Å². The van der Waals surface area contributed by atoms with E-state index in [1.807, 2.05) is 24.3 Å². The summed E-state index contributed by atoms with van der Waals surface area (Å²) in [7, 11) is 0. The first kappa shape index (κ1) is 28.8. The van der Waals surface area contributed by atoms with Gasteiger partial charge in [0, 0.05) is 43.1 Å². The second-order valence-corrected chi connectivity index (χ2v) is 11.3. The number of fused-ring (bicyclic) bond motifs is 1. The van der Waals surface area contributed by atoms with E-state index in [-0.39, 0.29) is 58.2 Å². The van der Waals surface area contributed by atoms with Crippen LogP contribution in [0, 0.1) is 18.8 Å². The molecule has 2 N–H and O–H groups in total. The van der Waals surface area contributed by atoms with Crippen LogP contribution in [0.15, 0.2) is 24.3 Å². The summed E-state index contributed by atoms with van der Waals surface area (Å²) in [6, 6.07) is 7.70. The molecule has 0 bridgehead atoms. The summed E-state index contributed by atoms with van der Waals surface area (Å²) in [4.78, 5) is 34.3. The fourth-order valence-corrected chi connectivity index (χ4v) is 6.19. The number of rotatable bonds is 10. The van der Waals surface area contributed by atoms with Crippen LogP contribution in [0.5, 0.6) is 5.75 Å². The molecule has 2 aromatic heterocycles. The number of aromatic nitrogens is 2. The van der Waals surface area contributed by atoms with Gasteiger partial charge >= 0.3 is 18.9 Å². The minimum atomic E-state index is -1.22.